The summed E-state index contributed by atoms with van der Waals surface area (Å²) in [7, 11) is 0. The zero-order chi connectivity index (χ0) is 13.9. The lowest BCUT2D eigenvalue weighted by molar-refractivity contribution is 0.656. The third kappa shape index (κ3) is 9.82. The Balaban J connectivity index is 0.00000361. The number of hydrogen-bond donors (Lipinski definition) is 2. The summed E-state index contributed by atoms with van der Waals surface area (Å²) < 4.78 is 1.15. The van der Waals surface area contributed by atoms with Crippen LogP contribution in [0.3, 0.4) is 0 Å². The van der Waals surface area contributed by atoms with E-state index in [0.717, 1.165) is 42.1 Å². The van der Waals surface area contributed by atoms with E-state index in [1.807, 2.05) is 23.3 Å². The van der Waals surface area contributed by atoms with Gasteiger partial charge in [0.25, 0.3) is 0 Å². The summed E-state index contributed by atoms with van der Waals surface area (Å²) in [6, 6.07) is 0. The van der Waals surface area contributed by atoms with Gasteiger partial charge < -0.3 is 10.6 Å². The number of aliphatic imine (C=N–C) groups is 1. The summed E-state index contributed by atoms with van der Waals surface area (Å²) in [5, 5.41) is 8.65. The highest BCUT2D eigenvalue weighted by atomic mass is 127. The second-order valence-corrected chi connectivity index (χ2v) is 6.78. The molecule has 20 heavy (non-hydrogen) atoms. The van der Waals surface area contributed by atoms with Crippen molar-refractivity contribution in [2.45, 2.75) is 31.5 Å². The number of guanidine groups is 1. The van der Waals surface area contributed by atoms with Crippen LogP contribution in [-0.2, 0) is 0 Å². The first-order valence-electron chi connectivity index (χ1n) is 6.76. The molecular weight excluding hydrogens is 403 g/mol. The molecule has 0 saturated heterocycles. The van der Waals surface area contributed by atoms with Crippen molar-refractivity contribution in [1.82, 2.24) is 15.6 Å². The molecule has 0 spiro atoms. The Hall–Kier alpha value is -0.0200. The zero-order valence-corrected chi connectivity index (χ0v) is 16.4. The van der Waals surface area contributed by atoms with Gasteiger partial charge in [0.15, 0.2) is 5.96 Å². The molecule has 4 nitrogen and oxygen atoms in total. The Kier molecular flexibility index (Phi) is 12.7. The summed E-state index contributed by atoms with van der Waals surface area (Å²) in [5.41, 5.74) is 0. The third-order valence-corrected chi connectivity index (χ3v) is 4.26. The fraction of sp³-hybridized carbons (Fsp3) is 0.692. The van der Waals surface area contributed by atoms with E-state index >= 15 is 0 Å². The van der Waals surface area contributed by atoms with Crippen molar-refractivity contribution in [3.8, 4) is 0 Å². The zero-order valence-electron chi connectivity index (χ0n) is 12.4. The van der Waals surface area contributed by atoms with Gasteiger partial charge in [-0.25, -0.2) is 4.98 Å². The molecule has 0 radical (unpaired) electrons. The van der Waals surface area contributed by atoms with Crippen molar-refractivity contribution in [2.75, 3.05) is 25.4 Å². The van der Waals surface area contributed by atoms with Gasteiger partial charge in [-0.05, 0) is 19.3 Å². The summed E-state index contributed by atoms with van der Waals surface area (Å²) >= 11 is 3.52. The van der Waals surface area contributed by atoms with E-state index in [-0.39, 0.29) is 24.0 Å². The molecule has 0 bridgehead atoms. The molecule has 7 heteroatoms. The number of aromatic nitrogens is 1. The van der Waals surface area contributed by atoms with E-state index < -0.39 is 0 Å². The minimum Gasteiger partial charge on any atom is -0.357 e. The fourth-order valence-corrected chi connectivity index (χ4v) is 2.98. The van der Waals surface area contributed by atoms with Gasteiger partial charge in [-0.1, -0.05) is 25.6 Å². The molecule has 0 unspecified atom stereocenters. The van der Waals surface area contributed by atoms with Gasteiger partial charge in [-0.3, -0.25) is 4.99 Å². The molecule has 0 fully saturated rings. The number of halogens is 1. The van der Waals surface area contributed by atoms with Crippen LogP contribution in [-0.4, -0.2) is 36.3 Å². The largest absolute Gasteiger partial charge is 0.357 e. The lowest BCUT2D eigenvalue weighted by atomic mass is 10.2. The van der Waals surface area contributed by atoms with Crippen LogP contribution >= 0.6 is 47.1 Å². The normalized spacial score (nSPS) is 11.3. The molecule has 1 aromatic heterocycles. The van der Waals surface area contributed by atoms with Crippen molar-refractivity contribution >= 4 is 53.0 Å². The quantitative estimate of drug-likeness (QED) is 0.219. The Labute approximate surface area is 147 Å². The van der Waals surface area contributed by atoms with Gasteiger partial charge in [0.2, 0.25) is 0 Å². The lowest BCUT2D eigenvalue weighted by Gasteiger charge is -2.11. The second-order valence-electron chi connectivity index (χ2n) is 4.54. The first-order valence-corrected chi connectivity index (χ1v) is 8.63. The lowest BCUT2D eigenvalue weighted by Crippen LogP contribution is -2.38. The highest BCUT2D eigenvalue weighted by molar-refractivity contribution is 14.0. The average Bonchev–Trinajstić information content (AvgIpc) is 2.88. The number of hydrogen-bond acceptors (Lipinski definition) is 4. The molecule has 116 valence electrons. The molecule has 1 heterocycles. The van der Waals surface area contributed by atoms with Crippen molar-refractivity contribution in [3.63, 3.8) is 0 Å². The maximum Gasteiger partial charge on any atom is 0.191 e. The second kappa shape index (κ2) is 12.7. The van der Waals surface area contributed by atoms with Crippen LogP contribution in [0.5, 0.6) is 0 Å². The van der Waals surface area contributed by atoms with E-state index in [9.17, 15) is 0 Å². The third-order valence-electron chi connectivity index (χ3n) is 2.21. The number of thiazole rings is 1. The summed E-state index contributed by atoms with van der Waals surface area (Å²) in [4.78, 5) is 8.79. The Morgan fingerprint density at radius 3 is 2.85 bits per heavy atom. The standard InChI is InChI=1S/C13H24N4S2.HI/c1-4-14-12(17-10-11(2)3)15-6-5-8-18-13-16-7-9-19-13;/h7,9,11H,4-6,8,10H2,1-3H3,(H2,14,15,17);1H. The van der Waals surface area contributed by atoms with Gasteiger partial charge >= 0.3 is 0 Å². The Morgan fingerprint density at radius 2 is 2.25 bits per heavy atom. The number of thioether (sulfide) groups is 1. The molecule has 1 rings (SSSR count). The summed E-state index contributed by atoms with van der Waals surface area (Å²) in [6.07, 6.45) is 2.96. The summed E-state index contributed by atoms with van der Waals surface area (Å²) in [5.74, 6) is 2.61. The van der Waals surface area contributed by atoms with Crippen LogP contribution < -0.4 is 10.6 Å². The van der Waals surface area contributed by atoms with Gasteiger partial charge in [0, 0.05) is 37.0 Å². The number of rotatable bonds is 8. The highest BCUT2D eigenvalue weighted by Gasteiger charge is 1.99. The van der Waals surface area contributed by atoms with Crippen LogP contribution in [0.15, 0.2) is 20.9 Å². The number of nitrogens with zero attached hydrogens (tertiary/aromatic N) is 2. The molecule has 0 saturated carbocycles. The Morgan fingerprint density at radius 1 is 1.45 bits per heavy atom. The smallest absolute Gasteiger partial charge is 0.191 e. The van der Waals surface area contributed by atoms with Crippen molar-refractivity contribution < 1.29 is 0 Å². The minimum absolute atomic E-state index is 0. The maximum atomic E-state index is 4.54. The first kappa shape index (κ1) is 20.0. The van der Waals surface area contributed by atoms with E-state index in [1.165, 1.54) is 0 Å². The van der Waals surface area contributed by atoms with E-state index in [1.54, 1.807) is 11.3 Å². The van der Waals surface area contributed by atoms with Gasteiger partial charge in [0.1, 0.15) is 4.34 Å². The highest BCUT2D eigenvalue weighted by Crippen LogP contribution is 2.20. The van der Waals surface area contributed by atoms with Gasteiger partial charge in [-0.2, -0.15) is 0 Å². The molecular formula is C13H25IN4S2. The predicted molar refractivity (Wildman–Crippen MR) is 102 cm³/mol. The first-order chi connectivity index (χ1) is 9.22. The molecule has 0 aliphatic rings. The Bertz CT molecular complexity index is 355. The predicted octanol–water partition coefficient (Wildman–Crippen LogP) is 3.45. The maximum absolute atomic E-state index is 4.54. The average molecular weight is 428 g/mol. The monoisotopic (exact) mass is 428 g/mol. The molecule has 0 amide bonds. The molecule has 2 N–H and O–H groups in total. The molecule has 0 atom stereocenters. The van der Waals surface area contributed by atoms with Crippen molar-refractivity contribution in [2.24, 2.45) is 10.9 Å². The van der Waals surface area contributed by atoms with Crippen molar-refractivity contribution in [1.29, 1.82) is 0 Å². The van der Waals surface area contributed by atoms with Crippen LogP contribution in [0, 0.1) is 5.92 Å². The molecule has 1 aromatic rings. The molecule has 0 aliphatic heterocycles. The van der Waals surface area contributed by atoms with Crippen molar-refractivity contribution in [3.05, 3.63) is 11.6 Å². The summed E-state index contributed by atoms with van der Waals surface area (Å²) in [6.45, 7) is 9.16. The minimum atomic E-state index is 0. The van der Waals surface area contributed by atoms with Gasteiger partial charge in [-0.15, -0.1) is 35.3 Å². The van der Waals surface area contributed by atoms with Gasteiger partial charge in [0.05, 0.1) is 0 Å². The molecule has 0 aliphatic carbocycles. The van der Waals surface area contributed by atoms with E-state index in [0.29, 0.717) is 5.92 Å². The van der Waals surface area contributed by atoms with Crippen LogP contribution in [0.1, 0.15) is 27.2 Å². The fourth-order valence-electron chi connectivity index (χ4n) is 1.34. The number of nitrogens with one attached hydrogen (secondary N) is 2. The van der Waals surface area contributed by atoms with Crippen LogP contribution in [0.25, 0.3) is 0 Å². The van der Waals surface area contributed by atoms with Crippen LogP contribution in [0.2, 0.25) is 0 Å². The van der Waals surface area contributed by atoms with Crippen LogP contribution in [0.4, 0.5) is 0 Å². The topological polar surface area (TPSA) is 49.3 Å². The molecule has 0 aromatic carbocycles. The van der Waals surface area contributed by atoms with E-state index in [2.05, 4.69) is 41.4 Å². The SMILES string of the molecule is CCNC(=NCC(C)C)NCCCSc1nccs1.I. The van der Waals surface area contributed by atoms with E-state index in [4.69, 9.17) is 0 Å².